The van der Waals surface area contributed by atoms with E-state index in [1.165, 1.54) is 0 Å². The molecule has 0 amide bonds. The molecule has 0 fully saturated rings. The SMILES string of the molecule is CCCC(=O)O.[S]. The lowest BCUT2D eigenvalue weighted by Crippen LogP contribution is -1.90. The maximum Gasteiger partial charge on any atom is 0.303 e. The molecule has 0 bridgehead atoms. The molecule has 42 valence electrons. The minimum absolute atomic E-state index is 0. The molecule has 0 aliphatic rings. The van der Waals surface area contributed by atoms with Crippen LogP contribution in [0.5, 0.6) is 0 Å². The average Bonchev–Trinajstić information content (AvgIpc) is 1.35. The van der Waals surface area contributed by atoms with Gasteiger partial charge in [-0.25, -0.2) is 0 Å². The fourth-order valence-electron chi connectivity index (χ4n) is 0.214. The first kappa shape index (κ1) is 9.94. The first-order chi connectivity index (χ1) is 2.77. The average molecular weight is 120 g/mol. The molecule has 0 aliphatic heterocycles. The molecule has 0 rings (SSSR count). The maximum absolute atomic E-state index is 9.60. The van der Waals surface area contributed by atoms with Gasteiger partial charge in [0.1, 0.15) is 0 Å². The van der Waals surface area contributed by atoms with E-state index >= 15 is 0 Å². The zero-order chi connectivity index (χ0) is 4.99. The number of carboxylic acid groups (broad SMARTS) is 1. The van der Waals surface area contributed by atoms with Gasteiger partial charge in [0.05, 0.1) is 0 Å². The van der Waals surface area contributed by atoms with Gasteiger partial charge in [-0.05, 0) is 6.42 Å². The first-order valence-corrected chi connectivity index (χ1v) is 1.99. The van der Waals surface area contributed by atoms with Gasteiger partial charge < -0.3 is 5.11 Å². The van der Waals surface area contributed by atoms with Crippen LogP contribution >= 0.6 is 13.5 Å². The summed E-state index contributed by atoms with van der Waals surface area (Å²) in [4.78, 5) is 9.60. The van der Waals surface area contributed by atoms with Gasteiger partial charge in [-0.2, -0.15) is 0 Å². The van der Waals surface area contributed by atoms with E-state index in [1.54, 1.807) is 0 Å². The second-order valence-corrected chi connectivity index (χ2v) is 1.14. The molecule has 3 heteroatoms. The predicted octanol–water partition coefficient (Wildman–Crippen LogP) is 1.52. The summed E-state index contributed by atoms with van der Waals surface area (Å²) in [7, 11) is 0. The van der Waals surface area contributed by atoms with Crippen LogP contribution in [0.4, 0.5) is 0 Å². The normalized spacial score (nSPS) is 7.00. The van der Waals surface area contributed by atoms with E-state index in [0.29, 0.717) is 6.42 Å². The minimum atomic E-state index is -0.711. The Bertz CT molecular complexity index is 53.7. The summed E-state index contributed by atoms with van der Waals surface area (Å²) in [6.45, 7) is 1.84. The maximum atomic E-state index is 9.60. The summed E-state index contributed by atoms with van der Waals surface area (Å²) in [5.74, 6) is -0.711. The van der Waals surface area contributed by atoms with Crippen molar-refractivity contribution in [2.24, 2.45) is 0 Å². The van der Waals surface area contributed by atoms with Crippen molar-refractivity contribution in [1.29, 1.82) is 0 Å². The number of rotatable bonds is 2. The summed E-state index contributed by atoms with van der Waals surface area (Å²) >= 11 is 0. The molecule has 1 N–H and O–H groups in total. The Morgan fingerprint density at radius 3 is 2.14 bits per heavy atom. The van der Waals surface area contributed by atoms with Crippen molar-refractivity contribution in [1.82, 2.24) is 0 Å². The Labute approximate surface area is 50.0 Å². The van der Waals surface area contributed by atoms with Crippen molar-refractivity contribution in [2.75, 3.05) is 0 Å². The highest BCUT2D eigenvalue weighted by Crippen LogP contribution is 1.82. The number of carboxylic acids is 1. The number of hydrogen-bond donors (Lipinski definition) is 1. The lowest BCUT2D eigenvalue weighted by molar-refractivity contribution is -0.137. The standard InChI is InChI=1S/C4H8O2.S/c1-2-3-4(5)6;/h2-3H2,1H3,(H,5,6);. The zero-order valence-corrected chi connectivity index (χ0v) is 4.99. The van der Waals surface area contributed by atoms with Crippen molar-refractivity contribution >= 4 is 19.5 Å². The van der Waals surface area contributed by atoms with E-state index < -0.39 is 5.97 Å². The second kappa shape index (κ2) is 5.82. The quantitative estimate of drug-likeness (QED) is 0.599. The van der Waals surface area contributed by atoms with Gasteiger partial charge in [-0.15, -0.1) is 0 Å². The van der Waals surface area contributed by atoms with Gasteiger partial charge in [0.25, 0.3) is 0 Å². The molecule has 0 aromatic rings. The third-order valence-electron chi connectivity index (χ3n) is 0.464. The highest BCUT2D eigenvalue weighted by atomic mass is 32.1. The molecule has 0 aliphatic carbocycles. The number of hydrogen-bond acceptors (Lipinski definition) is 1. The van der Waals surface area contributed by atoms with Crippen LogP contribution in [0.1, 0.15) is 19.8 Å². The molecule has 0 unspecified atom stereocenters. The molecule has 0 atom stereocenters. The van der Waals surface area contributed by atoms with E-state index in [4.69, 9.17) is 5.11 Å². The van der Waals surface area contributed by atoms with Crippen LogP contribution in [-0.2, 0) is 4.79 Å². The third-order valence-corrected chi connectivity index (χ3v) is 0.464. The van der Waals surface area contributed by atoms with Gasteiger partial charge >= 0.3 is 5.97 Å². The van der Waals surface area contributed by atoms with Crippen molar-refractivity contribution in [2.45, 2.75) is 19.8 Å². The second-order valence-electron chi connectivity index (χ2n) is 1.14. The van der Waals surface area contributed by atoms with Gasteiger partial charge in [0, 0.05) is 19.9 Å². The van der Waals surface area contributed by atoms with Crippen molar-refractivity contribution in [3.63, 3.8) is 0 Å². The van der Waals surface area contributed by atoms with Gasteiger partial charge in [0.2, 0.25) is 0 Å². The summed E-state index contributed by atoms with van der Waals surface area (Å²) in [6.07, 6.45) is 1.02. The molecule has 0 heterocycles. The third kappa shape index (κ3) is 10.7. The van der Waals surface area contributed by atoms with Crippen molar-refractivity contribution in [3.05, 3.63) is 0 Å². The van der Waals surface area contributed by atoms with Crippen LogP contribution in [0.3, 0.4) is 0 Å². The fraction of sp³-hybridized carbons (Fsp3) is 0.750. The Kier molecular flexibility index (Phi) is 8.27. The van der Waals surface area contributed by atoms with Crippen LogP contribution in [0.25, 0.3) is 0 Å². The highest BCUT2D eigenvalue weighted by molar-refractivity contribution is 7.59. The summed E-state index contributed by atoms with van der Waals surface area (Å²) < 4.78 is 0. The van der Waals surface area contributed by atoms with Crippen LogP contribution in [0.2, 0.25) is 0 Å². The monoisotopic (exact) mass is 120 g/mol. The van der Waals surface area contributed by atoms with E-state index in [2.05, 4.69) is 0 Å². The molecule has 2 radical (unpaired) electrons. The van der Waals surface area contributed by atoms with E-state index in [-0.39, 0.29) is 13.5 Å². The van der Waals surface area contributed by atoms with Gasteiger partial charge in [-0.3, -0.25) is 4.79 Å². The lowest BCUT2D eigenvalue weighted by atomic mass is 10.4. The number of aliphatic carboxylic acids is 1. The first-order valence-electron chi connectivity index (χ1n) is 1.99. The molecular formula is C4H8O2S. The number of carbonyl (C=O) groups is 1. The Balaban J connectivity index is 0. The Hall–Kier alpha value is -0.180. The molecule has 0 spiro atoms. The zero-order valence-electron chi connectivity index (χ0n) is 4.18. The van der Waals surface area contributed by atoms with Crippen LogP contribution in [-0.4, -0.2) is 11.1 Å². The fourth-order valence-corrected chi connectivity index (χ4v) is 0.214. The largest absolute Gasteiger partial charge is 0.481 e. The van der Waals surface area contributed by atoms with Crippen LogP contribution in [0, 0.1) is 0 Å². The Morgan fingerprint density at radius 2 is 2.14 bits per heavy atom. The van der Waals surface area contributed by atoms with Gasteiger partial charge in [-0.1, -0.05) is 6.92 Å². The smallest absolute Gasteiger partial charge is 0.303 e. The van der Waals surface area contributed by atoms with E-state index in [0.717, 1.165) is 6.42 Å². The van der Waals surface area contributed by atoms with Crippen LogP contribution in [0.15, 0.2) is 0 Å². The summed E-state index contributed by atoms with van der Waals surface area (Å²) in [5.41, 5.74) is 0. The van der Waals surface area contributed by atoms with E-state index in [1.807, 2.05) is 6.92 Å². The predicted molar refractivity (Wildman–Crippen MR) is 30.1 cm³/mol. The minimum Gasteiger partial charge on any atom is -0.481 e. The van der Waals surface area contributed by atoms with Gasteiger partial charge in [0.15, 0.2) is 0 Å². The molecule has 0 aromatic carbocycles. The molecule has 2 nitrogen and oxygen atoms in total. The lowest BCUT2D eigenvalue weighted by Gasteiger charge is -1.79. The Morgan fingerprint density at radius 1 is 1.71 bits per heavy atom. The molecule has 0 aromatic heterocycles. The summed E-state index contributed by atoms with van der Waals surface area (Å²) in [6, 6.07) is 0. The molecular weight excluding hydrogens is 112 g/mol. The molecule has 7 heavy (non-hydrogen) atoms. The highest BCUT2D eigenvalue weighted by Gasteiger charge is 1.87. The topological polar surface area (TPSA) is 37.3 Å². The van der Waals surface area contributed by atoms with E-state index in [9.17, 15) is 4.79 Å². The van der Waals surface area contributed by atoms with Crippen molar-refractivity contribution in [3.8, 4) is 0 Å². The van der Waals surface area contributed by atoms with Crippen LogP contribution < -0.4 is 0 Å². The molecule has 0 saturated heterocycles. The summed E-state index contributed by atoms with van der Waals surface area (Å²) in [5, 5.41) is 7.91. The molecule has 0 saturated carbocycles. The van der Waals surface area contributed by atoms with Crippen molar-refractivity contribution < 1.29 is 9.90 Å².